The summed E-state index contributed by atoms with van der Waals surface area (Å²) in [6.07, 6.45) is 4.63. The predicted octanol–water partition coefficient (Wildman–Crippen LogP) is 0.965. The van der Waals surface area contributed by atoms with Gasteiger partial charge in [-0.05, 0) is 26.8 Å². The van der Waals surface area contributed by atoms with E-state index < -0.39 is 0 Å². The number of aldehydes is 2. The summed E-state index contributed by atoms with van der Waals surface area (Å²) in [5, 5.41) is 7.57. The second-order valence-electron chi connectivity index (χ2n) is 1.21. The zero-order chi connectivity index (χ0) is 9.54. The molecule has 0 amide bonds. The fraction of sp³-hybridized carbons (Fsp3) is 0.500. The Balaban J connectivity index is -0.0000000933. The lowest BCUT2D eigenvalue weighted by Gasteiger charge is -1.52. The molecule has 0 aromatic heterocycles. The van der Waals surface area contributed by atoms with Crippen LogP contribution in [-0.4, -0.2) is 24.3 Å². The van der Waals surface area contributed by atoms with E-state index in [4.69, 9.17) is 9.90 Å². The van der Waals surface area contributed by atoms with Crippen molar-refractivity contribution in [1.29, 1.82) is 0 Å². The molecular weight excluding hydrogens is 144 g/mol. The first-order chi connectivity index (χ1) is 5.24. The predicted molar refractivity (Wildman–Crippen MR) is 45.4 cm³/mol. The number of rotatable bonds is 1. The van der Waals surface area contributed by atoms with Crippen LogP contribution in [0.25, 0.3) is 0 Å². The van der Waals surface area contributed by atoms with Crippen molar-refractivity contribution in [3.05, 3.63) is 12.2 Å². The summed E-state index contributed by atoms with van der Waals surface area (Å²) in [6.45, 7) is 5.18. The molecule has 0 spiro atoms. The number of aliphatic hydroxyl groups excluding tert-OH is 1. The van der Waals surface area contributed by atoms with Crippen molar-refractivity contribution in [3.63, 3.8) is 0 Å². The minimum atomic E-state index is 0.250. The molecule has 0 aliphatic carbocycles. The van der Waals surface area contributed by atoms with Crippen LogP contribution in [0.2, 0.25) is 0 Å². The molecule has 0 fully saturated rings. The molecule has 3 heteroatoms. The average molecular weight is 160 g/mol. The fourth-order valence-corrected chi connectivity index (χ4v) is 0.0786. The lowest BCUT2D eigenvalue weighted by molar-refractivity contribution is -0.106. The summed E-state index contributed by atoms with van der Waals surface area (Å²) in [5.74, 6) is 0. The minimum absolute atomic E-state index is 0.250. The van der Waals surface area contributed by atoms with Gasteiger partial charge >= 0.3 is 0 Å². The van der Waals surface area contributed by atoms with Gasteiger partial charge in [0, 0.05) is 6.61 Å². The highest BCUT2D eigenvalue weighted by Crippen LogP contribution is 1.55. The maximum Gasteiger partial charge on any atom is 0.142 e. The largest absolute Gasteiger partial charge is 0.397 e. The summed E-state index contributed by atoms with van der Waals surface area (Å²) in [7, 11) is 0. The van der Waals surface area contributed by atoms with Crippen molar-refractivity contribution in [2.75, 3.05) is 6.61 Å². The topological polar surface area (TPSA) is 54.4 Å². The first-order valence-electron chi connectivity index (χ1n) is 3.32. The molecule has 0 bridgehead atoms. The fourth-order valence-electron chi connectivity index (χ4n) is 0.0786. The molecule has 0 heterocycles. The standard InChI is InChI=1S/C4H6O.C2H6O.C2H4O/c1-2-3-4-5;2*1-2-3/h2-4H,1H3;3H,2H2,1H3;2H,1H3/b3-2+;;. The van der Waals surface area contributed by atoms with E-state index in [1.54, 1.807) is 19.9 Å². The minimum Gasteiger partial charge on any atom is -0.397 e. The van der Waals surface area contributed by atoms with E-state index in [0.717, 1.165) is 12.6 Å². The van der Waals surface area contributed by atoms with Crippen LogP contribution in [0.4, 0.5) is 0 Å². The Kier molecular flexibility index (Phi) is 53.9. The highest BCUT2D eigenvalue weighted by molar-refractivity contribution is 5.64. The number of aliphatic hydroxyl groups is 1. The van der Waals surface area contributed by atoms with E-state index >= 15 is 0 Å². The average Bonchev–Trinajstić information content (AvgIpc) is 1.92. The SMILES string of the molecule is C/C=C/C=O.CC=O.CCO. The van der Waals surface area contributed by atoms with Gasteiger partial charge in [0.1, 0.15) is 12.6 Å². The molecule has 0 aliphatic rings. The zero-order valence-electron chi connectivity index (χ0n) is 7.28. The molecule has 0 atom stereocenters. The van der Waals surface area contributed by atoms with E-state index in [2.05, 4.69) is 0 Å². The lowest BCUT2D eigenvalue weighted by atomic mass is 10.6. The summed E-state index contributed by atoms with van der Waals surface area (Å²) in [5.41, 5.74) is 0. The Bertz CT molecular complexity index is 87.3. The number of hydrogen-bond acceptors (Lipinski definition) is 3. The Hall–Kier alpha value is -0.960. The number of allylic oxidation sites excluding steroid dienone is 2. The molecule has 0 aromatic rings. The van der Waals surface area contributed by atoms with Crippen molar-refractivity contribution < 1.29 is 14.7 Å². The van der Waals surface area contributed by atoms with Crippen molar-refractivity contribution in [2.24, 2.45) is 0 Å². The van der Waals surface area contributed by atoms with Crippen LogP contribution >= 0.6 is 0 Å². The number of carbonyl (C=O) groups is 2. The van der Waals surface area contributed by atoms with Gasteiger partial charge in [0.05, 0.1) is 0 Å². The normalized spacial score (nSPS) is 6.91. The number of hydrogen-bond donors (Lipinski definition) is 1. The first-order valence-corrected chi connectivity index (χ1v) is 3.32. The third-order valence-electron chi connectivity index (χ3n) is 0.271. The van der Waals surface area contributed by atoms with Crippen LogP contribution in [0.3, 0.4) is 0 Å². The quantitative estimate of drug-likeness (QED) is 0.459. The van der Waals surface area contributed by atoms with Gasteiger partial charge in [0.15, 0.2) is 0 Å². The zero-order valence-corrected chi connectivity index (χ0v) is 7.28. The maximum atomic E-state index is 9.32. The summed E-state index contributed by atoms with van der Waals surface area (Å²) in [4.78, 5) is 18.1. The van der Waals surface area contributed by atoms with Crippen molar-refractivity contribution >= 4 is 12.6 Å². The van der Waals surface area contributed by atoms with Crippen LogP contribution in [0, 0.1) is 0 Å². The molecule has 0 saturated heterocycles. The highest BCUT2D eigenvalue weighted by atomic mass is 16.2. The molecule has 3 nitrogen and oxygen atoms in total. The van der Waals surface area contributed by atoms with E-state index in [0.29, 0.717) is 0 Å². The summed E-state index contributed by atoms with van der Waals surface area (Å²) >= 11 is 0. The summed E-state index contributed by atoms with van der Waals surface area (Å²) < 4.78 is 0. The van der Waals surface area contributed by atoms with Gasteiger partial charge < -0.3 is 9.90 Å². The van der Waals surface area contributed by atoms with E-state index in [9.17, 15) is 4.79 Å². The van der Waals surface area contributed by atoms with Crippen LogP contribution in [0.5, 0.6) is 0 Å². The Labute approximate surface area is 67.7 Å². The lowest BCUT2D eigenvalue weighted by Crippen LogP contribution is -1.57. The second-order valence-corrected chi connectivity index (χ2v) is 1.21. The smallest absolute Gasteiger partial charge is 0.142 e. The first kappa shape index (κ1) is 16.6. The van der Waals surface area contributed by atoms with Gasteiger partial charge in [-0.15, -0.1) is 0 Å². The Morgan fingerprint density at radius 3 is 1.55 bits per heavy atom. The van der Waals surface area contributed by atoms with Gasteiger partial charge in [-0.25, -0.2) is 0 Å². The van der Waals surface area contributed by atoms with Gasteiger partial charge in [-0.2, -0.15) is 0 Å². The Morgan fingerprint density at radius 2 is 1.55 bits per heavy atom. The molecule has 11 heavy (non-hydrogen) atoms. The monoisotopic (exact) mass is 160 g/mol. The molecule has 0 aromatic carbocycles. The molecule has 66 valence electrons. The molecule has 0 aliphatic heterocycles. The van der Waals surface area contributed by atoms with Crippen LogP contribution in [-0.2, 0) is 9.59 Å². The molecular formula is C8H16O3. The van der Waals surface area contributed by atoms with Crippen LogP contribution in [0.15, 0.2) is 12.2 Å². The van der Waals surface area contributed by atoms with Gasteiger partial charge in [0.2, 0.25) is 0 Å². The second kappa shape index (κ2) is 35.8. The Morgan fingerprint density at radius 1 is 1.27 bits per heavy atom. The summed E-state index contributed by atoms with van der Waals surface area (Å²) in [6, 6.07) is 0. The molecule has 0 rings (SSSR count). The third-order valence-corrected chi connectivity index (χ3v) is 0.271. The van der Waals surface area contributed by atoms with Crippen molar-refractivity contribution in [1.82, 2.24) is 0 Å². The number of carbonyl (C=O) groups excluding carboxylic acids is 2. The van der Waals surface area contributed by atoms with Crippen LogP contribution in [0.1, 0.15) is 20.8 Å². The van der Waals surface area contributed by atoms with Gasteiger partial charge in [0.25, 0.3) is 0 Å². The van der Waals surface area contributed by atoms with Gasteiger partial charge in [-0.3, -0.25) is 4.79 Å². The van der Waals surface area contributed by atoms with E-state index in [1.807, 2.05) is 0 Å². The molecule has 0 saturated carbocycles. The van der Waals surface area contributed by atoms with Crippen LogP contribution < -0.4 is 0 Å². The van der Waals surface area contributed by atoms with Gasteiger partial charge in [-0.1, -0.05) is 6.08 Å². The molecule has 0 unspecified atom stereocenters. The highest BCUT2D eigenvalue weighted by Gasteiger charge is 1.48. The maximum absolute atomic E-state index is 9.32. The molecule has 1 N–H and O–H groups in total. The molecule has 0 radical (unpaired) electrons. The van der Waals surface area contributed by atoms with Crippen molar-refractivity contribution in [3.8, 4) is 0 Å². The van der Waals surface area contributed by atoms with Crippen molar-refractivity contribution in [2.45, 2.75) is 20.8 Å². The van der Waals surface area contributed by atoms with E-state index in [1.165, 1.54) is 13.0 Å². The van der Waals surface area contributed by atoms with E-state index in [-0.39, 0.29) is 6.61 Å². The third kappa shape index (κ3) is 414.